The molecule has 0 saturated heterocycles. The summed E-state index contributed by atoms with van der Waals surface area (Å²) in [5, 5.41) is 24.5. The van der Waals surface area contributed by atoms with Gasteiger partial charge in [0, 0.05) is 56.2 Å². The van der Waals surface area contributed by atoms with Crippen LogP contribution >= 0.6 is 7.95 Å². The molecule has 4 aromatic rings. The Kier molecular flexibility index (Phi) is 10.6. The van der Waals surface area contributed by atoms with Crippen molar-refractivity contribution in [3.8, 4) is 17.0 Å². The molecule has 46 heavy (non-hydrogen) atoms. The van der Waals surface area contributed by atoms with Crippen LogP contribution in [-0.2, 0) is 23.4 Å². The van der Waals surface area contributed by atoms with Crippen molar-refractivity contribution in [2.75, 3.05) is 38.4 Å². The molecule has 5 N–H and O–H groups in total. The van der Waals surface area contributed by atoms with E-state index in [0.29, 0.717) is 41.0 Å². The second-order valence-electron chi connectivity index (χ2n) is 10.9. The highest BCUT2D eigenvalue weighted by Gasteiger charge is 2.36. The second kappa shape index (κ2) is 14.2. The quantitative estimate of drug-likeness (QED) is 0.121. The van der Waals surface area contributed by atoms with E-state index < -0.39 is 36.8 Å². The number of ether oxygens (including phenoxy) is 1. The molecule has 244 valence electrons. The zero-order valence-electron chi connectivity index (χ0n) is 25.7. The Labute approximate surface area is 263 Å². The molecule has 3 aromatic heterocycles. The lowest BCUT2D eigenvalue weighted by Gasteiger charge is -2.20. The Morgan fingerprint density at radius 1 is 1.07 bits per heavy atom. The fraction of sp³-hybridized carbons (Fsp3) is 0.345. The lowest BCUT2D eigenvalue weighted by atomic mass is 9.95. The van der Waals surface area contributed by atoms with Gasteiger partial charge in [0.1, 0.15) is 17.1 Å². The summed E-state index contributed by atoms with van der Waals surface area (Å²) in [7, 11) is 2.71. The Morgan fingerprint density at radius 2 is 1.80 bits per heavy atom. The van der Waals surface area contributed by atoms with Crippen LogP contribution in [-0.4, -0.2) is 63.6 Å². The van der Waals surface area contributed by atoms with E-state index in [0.717, 1.165) is 0 Å². The number of aromatic nitrogens is 5. The number of rotatable bonds is 13. The molecule has 1 amide bonds. The van der Waals surface area contributed by atoms with Gasteiger partial charge in [-0.3, -0.25) is 9.48 Å². The van der Waals surface area contributed by atoms with Crippen LogP contribution in [0.4, 0.5) is 36.3 Å². The number of aliphatic hydroxyl groups is 1. The number of aliphatic hydroxyl groups excluding tert-OH is 1. The fourth-order valence-electron chi connectivity index (χ4n) is 4.26. The summed E-state index contributed by atoms with van der Waals surface area (Å²) in [6.07, 6.45) is -0.715. The van der Waals surface area contributed by atoms with Gasteiger partial charge in [-0.15, -0.1) is 5.09 Å². The largest absolute Gasteiger partial charge is 0.495 e. The molecule has 0 fully saturated rings. The topological polar surface area (TPSA) is 168 Å². The number of nitrogens with zero attached hydrogens (tertiary/aromatic N) is 5. The smallest absolute Gasteiger partial charge is 0.436 e. The number of anilines is 4. The molecule has 0 aliphatic heterocycles. The van der Waals surface area contributed by atoms with Gasteiger partial charge in [0.25, 0.3) is 5.91 Å². The first kappa shape index (κ1) is 34.2. The van der Waals surface area contributed by atoms with E-state index in [9.17, 15) is 27.6 Å². The molecule has 0 bridgehead atoms. The second-order valence-corrected chi connectivity index (χ2v) is 12.4. The summed E-state index contributed by atoms with van der Waals surface area (Å²) < 4.78 is 61.1. The molecule has 0 aliphatic carbocycles. The van der Waals surface area contributed by atoms with Crippen LogP contribution in [0.1, 0.15) is 35.5 Å². The Hall–Kier alpha value is -4.66. The molecule has 17 heteroatoms. The summed E-state index contributed by atoms with van der Waals surface area (Å²) in [5.41, 5.74) is 0.178. The lowest BCUT2D eigenvalue weighted by molar-refractivity contribution is -0.137. The molecule has 13 nitrogen and oxygen atoms in total. The number of hydrogen-bond donors (Lipinski definition) is 5. The number of hydrogen-bond acceptors (Lipinski definition) is 10. The average molecular weight is 661 g/mol. The summed E-state index contributed by atoms with van der Waals surface area (Å²) in [5.74, 6) is -1.12. The van der Waals surface area contributed by atoms with Crippen molar-refractivity contribution in [2.24, 2.45) is 5.41 Å². The van der Waals surface area contributed by atoms with Crippen LogP contribution in [0.3, 0.4) is 0 Å². The average Bonchev–Trinajstić information content (AvgIpc) is 3.48. The van der Waals surface area contributed by atoms with Crippen LogP contribution in [0.25, 0.3) is 11.3 Å². The summed E-state index contributed by atoms with van der Waals surface area (Å²) in [4.78, 5) is 25.2. The van der Waals surface area contributed by atoms with Crippen LogP contribution in [0.5, 0.6) is 5.75 Å². The zero-order valence-corrected chi connectivity index (χ0v) is 26.6. The molecule has 3 heterocycles. The van der Waals surface area contributed by atoms with Crippen molar-refractivity contribution >= 4 is 37.0 Å². The highest BCUT2D eigenvalue weighted by Crippen LogP contribution is 2.37. The third kappa shape index (κ3) is 8.33. The molecule has 0 saturated carbocycles. The minimum atomic E-state index is -4.83. The van der Waals surface area contributed by atoms with E-state index >= 15 is 0 Å². The van der Waals surface area contributed by atoms with Crippen LogP contribution in [0, 0.1) is 5.41 Å². The molecule has 0 aliphatic rings. The van der Waals surface area contributed by atoms with Gasteiger partial charge in [0.15, 0.2) is 11.9 Å². The number of carbonyl (C=O) groups excluding carboxylic acids is 1. The van der Waals surface area contributed by atoms with Gasteiger partial charge in [0.05, 0.1) is 30.4 Å². The number of halogens is 3. The first-order valence-corrected chi connectivity index (χ1v) is 15.4. The highest BCUT2D eigenvalue weighted by atomic mass is 31.1. The maximum absolute atomic E-state index is 14.1. The van der Waals surface area contributed by atoms with Crippen LogP contribution < -0.4 is 25.8 Å². The summed E-state index contributed by atoms with van der Waals surface area (Å²) in [6, 6.07) is 7.92. The minimum absolute atomic E-state index is 0.0346. The minimum Gasteiger partial charge on any atom is -0.495 e. The predicted octanol–water partition coefficient (Wildman–Crippen LogP) is 5.09. The van der Waals surface area contributed by atoms with Gasteiger partial charge in [-0.1, -0.05) is 24.5 Å². The van der Waals surface area contributed by atoms with Gasteiger partial charge in [0.2, 0.25) is 5.95 Å². The third-order valence-electron chi connectivity index (χ3n) is 6.72. The number of carbonyl (C=O) groups is 1. The van der Waals surface area contributed by atoms with E-state index in [-0.39, 0.29) is 30.1 Å². The number of nitrogens with one attached hydrogen (secondary N) is 4. The molecule has 4 rings (SSSR count). The standard InChI is InChI=1S/C29H33F3N9O4P/c1-28(2,16-42)15-41-13-18(11-36-41)20-8-9-22(24(37-20)26(43)33-3)38-25-19(29(30,31)32)12-35-27(40-25)39-21-7-6-17(10-23(21)45-5)14-46(44)34-4/h6-13,42H,14-16H2,1-5H3,(H3-,33,34,35,38,39,40,43,44)/p+1. The molecule has 0 spiro atoms. The fourth-order valence-corrected chi connectivity index (χ4v) is 4.94. The molecular weight excluding hydrogens is 626 g/mol. The predicted molar refractivity (Wildman–Crippen MR) is 167 cm³/mol. The Morgan fingerprint density at radius 3 is 2.46 bits per heavy atom. The van der Waals surface area contributed by atoms with Gasteiger partial charge in [-0.2, -0.15) is 23.3 Å². The van der Waals surface area contributed by atoms with Crippen molar-refractivity contribution in [1.29, 1.82) is 0 Å². The molecular formula is C29H34F3N9O4P+. The van der Waals surface area contributed by atoms with Gasteiger partial charge >= 0.3 is 14.1 Å². The van der Waals surface area contributed by atoms with Crippen molar-refractivity contribution in [2.45, 2.75) is 32.7 Å². The van der Waals surface area contributed by atoms with Gasteiger partial charge < -0.3 is 25.8 Å². The molecule has 0 radical (unpaired) electrons. The molecule has 1 atom stereocenters. The highest BCUT2D eigenvalue weighted by molar-refractivity contribution is 7.41. The summed E-state index contributed by atoms with van der Waals surface area (Å²) >= 11 is 0. The maximum Gasteiger partial charge on any atom is 0.436 e. The normalized spacial score (nSPS) is 12.1. The van der Waals surface area contributed by atoms with Crippen LogP contribution in [0.2, 0.25) is 0 Å². The van der Waals surface area contributed by atoms with Crippen molar-refractivity contribution in [1.82, 2.24) is 35.1 Å². The first-order valence-electron chi connectivity index (χ1n) is 13.9. The zero-order chi connectivity index (χ0) is 33.6. The van der Waals surface area contributed by atoms with E-state index in [1.165, 1.54) is 26.3 Å². The van der Waals surface area contributed by atoms with Gasteiger partial charge in [-0.05, 0) is 24.3 Å². The number of benzene rings is 1. The van der Waals surface area contributed by atoms with E-state index in [1.54, 1.807) is 42.3 Å². The SMILES string of the molecule is CNC(=O)c1nc(-c2cnn(CC(C)(C)CO)c2)ccc1Nc1nc(Nc2ccc(C[P+](=O)NC)cc2OC)ncc1C(F)(F)F. The van der Waals surface area contributed by atoms with Crippen molar-refractivity contribution in [3.63, 3.8) is 0 Å². The lowest BCUT2D eigenvalue weighted by Crippen LogP contribution is -2.23. The Balaban J connectivity index is 1.68. The van der Waals surface area contributed by atoms with E-state index in [1.807, 2.05) is 13.8 Å². The van der Waals surface area contributed by atoms with Crippen molar-refractivity contribution < 1.29 is 32.4 Å². The van der Waals surface area contributed by atoms with E-state index in [4.69, 9.17) is 4.74 Å². The number of amides is 1. The van der Waals surface area contributed by atoms with E-state index in [2.05, 4.69) is 41.1 Å². The number of methoxy groups -OCH3 is 1. The third-order valence-corrected chi connectivity index (χ3v) is 7.87. The monoisotopic (exact) mass is 660 g/mol. The van der Waals surface area contributed by atoms with Crippen LogP contribution in [0.15, 0.2) is 48.9 Å². The van der Waals surface area contributed by atoms with Gasteiger partial charge in [-0.25, -0.2) is 9.97 Å². The number of pyridine rings is 1. The molecule has 1 aromatic carbocycles. The maximum atomic E-state index is 14.1. The van der Waals surface area contributed by atoms with Crippen molar-refractivity contribution in [3.05, 3.63) is 65.7 Å². The first-order chi connectivity index (χ1) is 21.8. The number of alkyl halides is 3. The summed E-state index contributed by atoms with van der Waals surface area (Å²) in [6.45, 7) is 4.12. The molecule has 1 unspecified atom stereocenters. The Bertz CT molecular complexity index is 1730.